The molecule has 28 heavy (non-hydrogen) atoms. The van der Waals surface area contributed by atoms with Gasteiger partial charge in [0.15, 0.2) is 5.69 Å². The quantitative estimate of drug-likeness (QED) is 0.470. The minimum absolute atomic E-state index is 0.0428. The predicted octanol–water partition coefficient (Wildman–Crippen LogP) is 6.70. The molecule has 1 aliphatic rings. The van der Waals surface area contributed by atoms with Gasteiger partial charge in [-0.25, -0.2) is 9.69 Å². The molecular weight excluding hydrogens is 344 g/mol. The van der Waals surface area contributed by atoms with E-state index in [-0.39, 0.29) is 6.17 Å². The molecule has 4 nitrogen and oxygen atoms in total. The number of aryl methyl sites for hydroxylation is 1. The second-order valence-electron chi connectivity index (χ2n) is 7.04. The van der Waals surface area contributed by atoms with Crippen LogP contribution in [0.4, 0.5) is 28.4 Å². The van der Waals surface area contributed by atoms with Crippen LogP contribution in [0.15, 0.2) is 60.7 Å². The van der Waals surface area contributed by atoms with Gasteiger partial charge in [0.25, 0.3) is 0 Å². The smallest absolute Gasteiger partial charge is 0.202 e. The molecule has 1 heterocycles. The molecule has 0 N–H and O–H groups in total. The van der Waals surface area contributed by atoms with E-state index < -0.39 is 0 Å². The number of nitrogens with zero attached hydrogens (tertiary/aromatic N) is 4. The molecule has 0 unspecified atom stereocenters. The standard InChI is InChI=1S/C24H20N4/c1-16-11-12-19(18-9-7-6-8-10-18)13-22(16)28-17(2)27(5)23-15-20(25-3)14-21(26-4)24(23)28/h6-15,17H,1-2,5H3/t17-/m0/s1. The van der Waals surface area contributed by atoms with Gasteiger partial charge < -0.3 is 9.80 Å². The summed E-state index contributed by atoms with van der Waals surface area (Å²) in [7, 11) is 2.02. The molecule has 0 aromatic heterocycles. The van der Waals surface area contributed by atoms with Crippen LogP contribution in [-0.2, 0) is 0 Å². The maximum Gasteiger partial charge on any atom is 0.202 e. The maximum absolute atomic E-state index is 7.68. The van der Waals surface area contributed by atoms with Crippen LogP contribution in [0.25, 0.3) is 20.8 Å². The lowest BCUT2D eigenvalue weighted by Gasteiger charge is -2.30. The van der Waals surface area contributed by atoms with Gasteiger partial charge in [0.2, 0.25) is 5.69 Å². The van der Waals surface area contributed by atoms with E-state index in [0.717, 1.165) is 33.8 Å². The first-order valence-electron chi connectivity index (χ1n) is 9.16. The topological polar surface area (TPSA) is 15.2 Å². The van der Waals surface area contributed by atoms with E-state index in [1.54, 1.807) is 6.07 Å². The molecule has 1 aliphatic heterocycles. The van der Waals surface area contributed by atoms with Crippen molar-refractivity contribution in [2.45, 2.75) is 20.0 Å². The second kappa shape index (κ2) is 6.76. The van der Waals surface area contributed by atoms with Gasteiger partial charge in [-0.2, -0.15) is 0 Å². The summed E-state index contributed by atoms with van der Waals surface area (Å²) in [5.41, 5.74) is 7.37. The van der Waals surface area contributed by atoms with Crippen LogP contribution < -0.4 is 9.80 Å². The predicted molar refractivity (Wildman–Crippen MR) is 116 cm³/mol. The van der Waals surface area contributed by atoms with Crippen molar-refractivity contribution in [2.24, 2.45) is 0 Å². The zero-order valence-electron chi connectivity index (χ0n) is 16.1. The van der Waals surface area contributed by atoms with Crippen LogP contribution in [0.1, 0.15) is 12.5 Å². The van der Waals surface area contributed by atoms with Gasteiger partial charge in [-0.15, -0.1) is 0 Å². The van der Waals surface area contributed by atoms with Gasteiger partial charge in [-0.05, 0) is 48.7 Å². The average molecular weight is 364 g/mol. The molecule has 136 valence electrons. The van der Waals surface area contributed by atoms with Crippen LogP contribution in [-0.4, -0.2) is 13.2 Å². The van der Waals surface area contributed by atoms with Gasteiger partial charge in [0.1, 0.15) is 6.17 Å². The Kier molecular flexibility index (Phi) is 4.26. The molecule has 0 saturated carbocycles. The summed E-state index contributed by atoms with van der Waals surface area (Å²) in [5, 5.41) is 0. The Morgan fingerprint density at radius 3 is 2.29 bits per heavy atom. The Bertz CT molecular complexity index is 1140. The van der Waals surface area contributed by atoms with Gasteiger partial charge in [-0.3, -0.25) is 0 Å². The SMILES string of the molecule is [C-]#[N+]c1cc([N+]#[C-])c2c(c1)N(C)[C@H](C)N2c1cc(-c2ccccc2)ccc1C. The summed E-state index contributed by atoms with van der Waals surface area (Å²) < 4.78 is 0. The normalized spacial score (nSPS) is 15.1. The van der Waals surface area contributed by atoms with Crippen LogP contribution >= 0.6 is 0 Å². The third-order valence-corrected chi connectivity index (χ3v) is 5.43. The molecule has 0 saturated heterocycles. The summed E-state index contributed by atoms with van der Waals surface area (Å²) in [6, 6.07) is 20.3. The fourth-order valence-electron chi connectivity index (χ4n) is 3.82. The van der Waals surface area contributed by atoms with Crippen molar-refractivity contribution in [3.8, 4) is 11.1 Å². The van der Waals surface area contributed by atoms with Crippen molar-refractivity contribution in [1.29, 1.82) is 0 Å². The van der Waals surface area contributed by atoms with Gasteiger partial charge >= 0.3 is 0 Å². The summed E-state index contributed by atoms with van der Waals surface area (Å²) >= 11 is 0. The Morgan fingerprint density at radius 2 is 1.61 bits per heavy atom. The third-order valence-electron chi connectivity index (χ3n) is 5.43. The van der Waals surface area contributed by atoms with Crippen molar-refractivity contribution in [1.82, 2.24) is 0 Å². The third kappa shape index (κ3) is 2.68. The molecule has 4 heteroatoms. The van der Waals surface area contributed by atoms with E-state index in [0.29, 0.717) is 11.4 Å². The monoisotopic (exact) mass is 364 g/mol. The average Bonchev–Trinajstić information content (AvgIpc) is 2.99. The second-order valence-corrected chi connectivity index (χ2v) is 7.04. The molecule has 0 fully saturated rings. The van der Waals surface area contributed by atoms with Crippen molar-refractivity contribution >= 4 is 28.4 Å². The van der Waals surface area contributed by atoms with Crippen molar-refractivity contribution in [2.75, 3.05) is 16.8 Å². The summed E-state index contributed by atoms with van der Waals surface area (Å²) in [6.45, 7) is 19.3. The van der Waals surface area contributed by atoms with Crippen LogP contribution in [0.3, 0.4) is 0 Å². The molecule has 0 radical (unpaired) electrons. The van der Waals surface area contributed by atoms with E-state index in [1.165, 1.54) is 0 Å². The molecule has 1 atom stereocenters. The van der Waals surface area contributed by atoms with Gasteiger partial charge in [0.05, 0.1) is 18.8 Å². The molecule has 0 spiro atoms. The highest BCUT2D eigenvalue weighted by Crippen LogP contribution is 2.51. The Hall–Kier alpha value is -3.76. The lowest BCUT2D eigenvalue weighted by Crippen LogP contribution is -2.35. The number of hydrogen-bond acceptors (Lipinski definition) is 2. The van der Waals surface area contributed by atoms with Crippen molar-refractivity contribution < 1.29 is 0 Å². The number of hydrogen-bond donors (Lipinski definition) is 0. The van der Waals surface area contributed by atoms with E-state index in [9.17, 15) is 0 Å². The first-order chi connectivity index (χ1) is 13.5. The van der Waals surface area contributed by atoms with Crippen LogP contribution in [0.2, 0.25) is 0 Å². The number of rotatable bonds is 2. The Morgan fingerprint density at radius 1 is 0.857 bits per heavy atom. The van der Waals surface area contributed by atoms with Gasteiger partial charge in [-0.1, -0.05) is 42.5 Å². The van der Waals surface area contributed by atoms with E-state index >= 15 is 0 Å². The largest absolute Gasteiger partial charge is 0.355 e. The Balaban J connectivity index is 1.93. The first-order valence-corrected chi connectivity index (χ1v) is 9.16. The van der Waals surface area contributed by atoms with Crippen LogP contribution in [0, 0.1) is 20.1 Å². The lowest BCUT2D eigenvalue weighted by molar-refractivity contribution is 0.733. The van der Waals surface area contributed by atoms with Gasteiger partial charge in [0, 0.05) is 18.4 Å². The fourth-order valence-corrected chi connectivity index (χ4v) is 3.82. The molecule has 0 amide bonds. The highest BCUT2D eigenvalue weighted by atomic mass is 15.4. The summed E-state index contributed by atoms with van der Waals surface area (Å²) in [6.07, 6.45) is 0.0428. The molecule has 0 bridgehead atoms. The fraction of sp³-hybridized carbons (Fsp3) is 0.167. The Labute approximate surface area is 165 Å². The zero-order chi connectivity index (χ0) is 19.8. The molecule has 3 aromatic carbocycles. The first kappa shape index (κ1) is 17.6. The lowest BCUT2D eigenvalue weighted by atomic mass is 10.0. The number of benzene rings is 3. The van der Waals surface area contributed by atoms with E-state index in [1.807, 2.05) is 31.3 Å². The van der Waals surface area contributed by atoms with Crippen molar-refractivity contribution in [3.05, 3.63) is 89.1 Å². The highest BCUT2D eigenvalue weighted by molar-refractivity contribution is 5.96. The summed E-state index contributed by atoms with van der Waals surface area (Å²) in [5.74, 6) is 0. The highest BCUT2D eigenvalue weighted by Gasteiger charge is 2.34. The molecular formula is C24H20N4. The molecule has 0 aliphatic carbocycles. The number of anilines is 3. The molecule has 4 rings (SSSR count). The minimum Gasteiger partial charge on any atom is -0.355 e. The zero-order valence-corrected chi connectivity index (χ0v) is 16.1. The van der Waals surface area contributed by atoms with E-state index in [4.69, 9.17) is 13.1 Å². The maximum atomic E-state index is 7.68. The van der Waals surface area contributed by atoms with Crippen molar-refractivity contribution in [3.63, 3.8) is 0 Å². The van der Waals surface area contributed by atoms with E-state index in [2.05, 4.69) is 63.7 Å². The molecule has 3 aromatic rings. The minimum atomic E-state index is 0.0428. The summed E-state index contributed by atoms with van der Waals surface area (Å²) in [4.78, 5) is 11.6. The van der Waals surface area contributed by atoms with Crippen LogP contribution in [0.5, 0.6) is 0 Å². The number of fused-ring (bicyclic) bond motifs is 1.